The lowest BCUT2D eigenvalue weighted by Crippen LogP contribution is -2.24. The van der Waals surface area contributed by atoms with Crippen molar-refractivity contribution in [2.75, 3.05) is 18.2 Å². The number of alkyl halides is 1. The largest absolute Gasteiger partial charge is 0.350 e. The van der Waals surface area contributed by atoms with E-state index in [0.717, 1.165) is 17.1 Å². The van der Waals surface area contributed by atoms with Gasteiger partial charge in [-0.05, 0) is 23.8 Å². The van der Waals surface area contributed by atoms with Crippen LogP contribution in [0.1, 0.15) is 20.1 Å². The molecule has 2 rings (SSSR count). The van der Waals surface area contributed by atoms with Crippen molar-refractivity contribution in [2.45, 2.75) is 12.2 Å². The Bertz CT molecular complexity index is 341. The minimum atomic E-state index is 0.0139. The summed E-state index contributed by atoms with van der Waals surface area (Å²) in [6.45, 7) is 0.539. The van der Waals surface area contributed by atoms with E-state index in [9.17, 15) is 4.79 Å². The van der Waals surface area contributed by atoms with Crippen molar-refractivity contribution < 1.29 is 4.79 Å². The van der Waals surface area contributed by atoms with Crippen molar-refractivity contribution in [3.05, 3.63) is 21.4 Å². The summed E-state index contributed by atoms with van der Waals surface area (Å²) in [5, 5.41) is 2.79. The van der Waals surface area contributed by atoms with Gasteiger partial charge in [0.05, 0.1) is 4.88 Å². The van der Waals surface area contributed by atoms with Crippen molar-refractivity contribution in [2.24, 2.45) is 0 Å². The predicted octanol–water partition coefficient (Wildman–Crippen LogP) is 2.51. The number of thioether (sulfide) groups is 1. The second-order valence-corrected chi connectivity index (χ2v) is 5.93. The summed E-state index contributed by atoms with van der Waals surface area (Å²) in [6, 6.07) is 2.02. The summed E-state index contributed by atoms with van der Waals surface area (Å²) in [5.74, 6) is 2.71. The van der Waals surface area contributed by atoms with Gasteiger partial charge < -0.3 is 5.32 Å². The maximum atomic E-state index is 11.7. The molecule has 1 amide bonds. The van der Waals surface area contributed by atoms with Crippen molar-refractivity contribution in [3.63, 3.8) is 0 Å². The van der Waals surface area contributed by atoms with Gasteiger partial charge in [-0.3, -0.25) is 4.79 Å². The number of hydrogen-bond acceptors (Lipinski definition) is 3. The summed E-state index contributed by atoms with van der Waals surface area (Å²) >= 11 is 9.08. The molecular weight excluding hydrogens is 250 g/mol. The maximum absolute atomic E-state index is 11.7. The number of aryl methyl sites for hydroxylation is 1. The Balaban J connectivity index is 2.08. The molecule has 0 spiro atoms. The van der Waals surface area contributed by atoms with Crippen molar-refractivity contribution in [1.82, 2.24) is 5.32 Å². The number of thiophene rings is 1. The normalized spacial score (nSPS) is 14.7. The zero-order valence-electron chi connectivity index (χ0n) is 8.22. The molecule has 1 N–H and O–H groups in total. The highest BCUT2D eigenvalue weighted by molar-refractivity contribution is 7.98. The van der Waals surface area contributed by atoms with Gasteiger partial charge in [0.2, 0.25) is 0 Å². The van der Waals surface area contributed by atoms with Crippen molar-refractivity contribution in [3.8, 4) is 0 Å². The smallest absolute Gasteiger partial charge is 0.261 e. The van der Waals surface area contributed by atoms with E-state index in [0.29, 0.717) is 12.4 Å². The molecule has 82 valence electrons. The van der Waals surface area contributed by atoms with Crippen LogP contribution in [0.2, 0.25) is 0 Å². The summed E-state index contributed by atoms with van der Waals surface area (Å²) in [4.78, 5) is 13.9. The Morgan fingerprint density at radius 3 is 3.20 bits per heavy atom. The van der Waals surface area contributed by atoms with Crippen LogP contribution in [0, 0.1) is 0 Å². The summed E-state index contributed by atoms with van der Waals surface area (Å²) in [5.41, 5.74) is 1.34. The van der Waals surface area contributed by atoms with Gasteiger partial charge in [0.15, 0.2) is 0 Å². The highest BCUT2D eigenvalue weighted by Gasteiger charge is 2.16. The molecule has 5 heteroatoms. The number of amides is 1. The monoisotopic (exact) mass is 261 g/mol. The van der Waals surface area contributed by atoms with Crippen LogP contribution in [-0.4, -0.2) is 24.1 Å². The third-order valence-corrected chi connectivity index (χ3v) is 4.66. The van der Waals surface area contributed by atoms with Crippen molar-refractivity contribution in [1.29, 1.82) is 0 Å². The van der Waals surface area contributed by atoms with Gasteiger partial charge in [0.25, 0.3) is 5.91 Å². The first-order valence-electron chi connectivity index (χ1n) is 4.84. The molecule has 1 aliphatic rings. The van der Waals surface area contributed by atoms with E-state index in [1.807, 2.05) is 17.8 Å². The molecule has 1 aliphatic heterocycles. The number of halogens is 1. The fraction of sp³-hybridized carbons (Fsp3) is 0.500. The predicted molar refractivity (Wildman–Crippen MR) is 67.2 cm³/mol. The molecule has 0 aliphatic carbocycles. The zero-order valence-corrected chi connectivity index (χ0v) is 10.6. The summed E-state index contributed by atoms with van der Waals surface area (Å²) in [6.07, 6.45) is 1.10. The molecule has 0 radical (unpaired) electrons. The number of carbonyl (C=O) groups is 1. The number of rotatable bonds is 3. The van der Waals surface area contributed by atoms with Gasteiger partial charge in [-0.1, -0.05) is 0 Å². The van der Waals surface area contributed by atoms with E-state index in [-0.39, 0.29) is 5.91 Å². The fourth-order valence-electron chi connectivity index (χ4n) is 1.51. The third-order valence-electron chi connectivity index (χ3n) is 2.23. The Morgan fingerprint density at radius 2 is 2.47 bits per heavy atom. The average molecular weight is 262 g/mol. The molecule has 0 fully saturated rings. The third kappa shape index (κ3) is 2.68. The van der Waals surface area contributed by atoms with Crippen molar-refractivity contribution >= 4 is 40.6 Å². The number of hydrogen-bond donors (Lipinski definition) is 1. The Morgan fingerprint density at radius 1 is 1.60 bits per heavy atom. The number of fused-ring (bicyclic) bond motifs is 1. The van der Waals surface area contributed by atoms with E-state index in [1.54, 1.807) is 11.3 Å². The van der Waals surface area contributed by atoms with Crippen LogP contribution < -0.4 is 5.32 Å². The summed E-state index contributed by atoms with van der Waals surface area (Å²) in [7, 11) is 0. The van der Waals surface area contributed by atoms with E-state index in [2.05, 4.69) is 5.32 Å². The topological polar surface area (TPSA) is 29.1 Å². The van der Waals surface area contributed by atoms with Gasteiger partial charge in [0.1, 0.15) is 0 Å². The van der Waals surface area contributed by atoms with Gasteiger partial charge >= 0.3 is 0 Å². The molecule has 15 heavy (non-hydrogen) atoms. The molecule has 0 bridgehead atoms. The SMILES string of the molecule is O=C(NCCCl)c1cc2c(s1)CCSC2. The lowest BCUT2D eigenvalue weighted by Gasteiger charge is -2.08. The fourth-order valence-corrected chi connectivity index (χ4v) is 3.89. The molecule has 0 saturated carbocycles. The molecule has 0 unspecified atom stereocenters. The summed E-state index contributed by atoms with van der Waals surface area (Å²) < 4.78 is 0. The van der Waals surface area contributed by atoms with Gasteiger partial charge in [0, 0.05) is 23.1 Å². The van der Waals surface area contributed by atoms with Gasteiger partial charge in [-0.25, -0.2) is 0 Å². The van der Waals surface area contributed by atoms with Gasteiger partial charge in [-0.2, -0.15) is 11.8 Å². The minimum Gasteiger partial charge on any atom is -0.350 e. The molecule has 0 aromatic carbocycles. The minimum absolute atomic E-state index is 0.0139. The Labute approximate surface area is 102 Å². The van der Waals surface area contributed by atoms with Crippen LogP contribution in [0.25, 0.3) is 0 Å². The molecule has 2 heterocycles. The van der Waals surface area contributed by atoms with Crippen LogP contribution in [-0.2, 0) is 12.2 Å². The standard InChI is InChI=1S/C10H12ClNOS2/c11-2-3-12-10(13)9-5-7-6-14-4-1-8(7)15-9/h5H,1-4,6H2,(H,12,13). The van der Waals surface area contributed by atoms with Gasteiger partial charge in [-0.15, -0.1) is 22.9 Å². The maximum Gasteiger partial charge on any atom is 0.261 e. The number of carbonyl (C=O) groups excluding carboxylic acids is 1. The highest BCUT2D eigenvalue weighted by Crippen LogP contribution is 2.31. The van der Waals surface area contributed by atoms with Crippen LogP contribution in [0.15, 0.2) is 6.07 Å². The lowest BCUT2D eigenvalue weighted by atomic mass is 10.2. The molecule has 0 saturated heterocycles. The molecule has 1 aromatic rings. The highest BCUT2D eigenvalue weighted by atomic mass is 35.5. The molecule has 1 aromatic heterocycles. The van der Waals surface area contributed by atoms with Crippen LogP contribution >= 0.6 is 34.7 Å². The van der Waals surface area contributed by atoms with E-state index < -0.39 is 0 Å². The molecular formula is C10H12ClNOS2. The first kappa shape index (κ1) is 11.3. The van der Waals surface area contributed by atoms with E-state index >= 15 is 0 Å². The second kappa shape index (κ2) is 5.23. The van der Waals surface area contributed by atoms with Crippen LogP contribution in [0.5, 0.6) is 0 Å². The quantitative estimate of drug-likeness (QED) is 0.848. The first-order valence-corrected chi connectivity index (χ1v) is 7.35. The zero-order chi connectivity index (χ0) is 10.7. The molecule has 2 nitrogen and oxygen atoms in total. The van der Waals surface area contributed by atoms with Crippen LogP contribution in [0.4, 0.5) is 0 Å². The van der Waals surface area contributed by atoms with E-state index in [1.165, 1.54) is 16.2 Å². The van der Waals surface area contributed by atoms with Crippen LogP contribution in [0.3, 0.4) is 0 Å². The second-order valence-electron chi connectivity index (χ2n) is 3.31. The average Bonchev–Trinajstić information content (AvgIpc) is 2.69. The Kier molecular flexibility index (Phi) is 3.94. The first-order chi connectivity index (χ1) is 7.31. The lowest BCUT2D eigenvalue weighted by molar-refractivity contribution is 0.0960. The number of nitrogens with one attached hydrogen (secondary N) is 1. The Hall–Kier alpha value is -0.190. The molecule has 0 atom stereocenters. The van der Waals surface area contributed by atoms with E-state index in [4.69, 9.17) is 11.6 Å².